The Kier molecular flexibility index (Phi) is 5.48. The highest BCUT2D eigenvalue weighted by atomic mass is 32.1. The van der Waals surface area contributed by atoms with Gasteiger partial charge in [0.1, 0.15) is 11.4 Å². The number of thiazole rings is 1. The predicted molar refractivity (Wildman–Crippen MR) is 114 cm³/mol. The molecule has 0 N–H and O–H groups in total. The van der Waals surface area contributed by atoms with Gasteiger partial charge in [0.05, 0.1) is 11.1 Å². The maximum Gasteiger partial charge on any atom is 0.296 e. The lowest BCUT2D eigenvalue weighted by molar-refractivity contribution is 0.317. The van der Waals surface area contributed by atoms with E-state index in [1.165, 1.54) is 4.52 Å². The highest BCUT2D eigenvalue weighted by molar-refractivity contribution is 7.15. The number of benzene rings is 2. The molecule has 0 spiro atoms. The van der Waals surface area contributed by atoms with Gasteiger partial charge in [-0.3, -0.25) is 9.59 Å². The normalized spacial score (nSPS) is 11.8. The molecule has 0 radical (unpaired) electrons. The molecule has 0 bridgehead atoms. The van der Waals surface area contributed by atoms with Crippen molar-refractivity contribution in [2.75, 3.05) is 6.61 Å². The summed E-state index contributed by atoms with van der Waals surface area (Å²) in [6.45, 7) is 2.71. The fourth-order valence-electron chi connectivity index (χ4n) is 2.87. The van der Waals surface area contributed by atoms with Gasteiger partial charge in [0.25, 0.3) is 11.1 Å². The summed E-state index contributed by atoms with van der Waals surface area (Å²) in [7, 11) is 0. The Morgan fingerprint density at radius 3 is 2.55 bits per heavy atom. The molecule has 146 valence electrons. The Labute approximate surface area is 170 Å². The molecule has 2 heterocycles. The SMILES string of the molecule is CCCOc1ccc(Cc2nn3c(=O)/c(=C\c4ccccc4)sc3nc2=O)cc1. The second-order valence-corrected chi connectivity index (χ2v) is 7.56. The summed E-state index contributed by atoms with van der Waals surface area (Å²) in [4.78, 5) is 29.5. The molecule has 2 aromatic heterocycles. The van der Waals surface area contributed by atoms with E-state index in [1.807, 2.05) is 61.5 Å². The topological polar surface area (TPSA) is 73.6 Å². The van der Waals surface area contributed by atoms with E-state index in [4.69, 9.17) is 4.74 Å². The van der Waals surface area contributed by atoms with Crippen LogP contribution in [0, 0.1) is 0 Å². The monoisotopic (exact) mass is 405 g/mol. The van der Waals surface area contributed by atoms with Crippen LogP contribution in [-0.4, -0.2) is 21.2 Å². The maximum atomic E-state index is 12.7. The average Bonchev–Trinajstić information content (AvgIpc) is 3.03. The summed E-state index contributed by atoms with van der Waals surface area (Å²) >= 11 is 1.16. The number of nitrogens with zero attached hydrogens (tertiary/aromatic N) is 3. The Balaban J connectivity index is 1.67. The lowest BCUT2D eigenvalue weighted by atomic mass is 10.1. The smallest absolute Gasteiger partial charge is 0.296 e. The van der Waals surface area contributed by atoms with Gasteiger partial charge in [-0.1, -0.05) is 60.7 Å². The lowest BCUT2D eigenvalue weighted by Gasteiger charge is -2.05. The van der Waals surface area contributed by atoms with E-state index in [2.05, 4.69) is 10.1 Å². The molecular weight excluding hydrogens is 386 g/mol. The number of hydrogen-bond acceptors (Lipinski definition) is 6. The molecule has 0 saturated carbocycles. The third-order valence-corrected chi connectivity index (χ3v) is 5.27. The van der Waals surface area contributed by atoms with Gasteiger partial charge in [-0.2, -0.15) is 14.6 Å². The molecule has 2 aromatic carbocycles. The number of ether oxygens (including phenoxy) is 1. The molecular formula is C22H19N3O3S. The highest BCUT2D eigenvalue weighted by Crippen LogP contribution is 2.14. The molecule has 0 atom stereocenters. The van der Waals surface area contributed by atoms with Crippen LogP contribution in [0.4, 0.5) is 0 Å². The summed E-state index contributed by atoms with van der Waals surface area (Å²) in [5.41, 5.74) is 1.37. The van der Waals surface area contributed by atoms with E-state index >= 15 is 0 Å². The third kappa shape index (κ3) is 4.25. The van der Waals surface area contributed by atoms with E-state index in [9.17, 15) is 9.59 Å². The number of rotatable bonds is 6. The Hall–Kier alpha value is -3.32. The van der Waals surface area contributed by atoms with Gasteiger partial charge in [0, 0.05) is 6.42 Å². The van der Waals surface area contributed by atoms with Crippen LogP contribution in [0.3, 0.4) is 0 Å². The quantitative estimate of drug-likeness (QED) is 0.493. The van der Waals surface area contributed by atoms with Crippen molar-refractivity contribution in [3.8, 4) is 5.75 Å². The van der Waals surface area contributed by atoms with E-state index in [-0.39, 0.29) is 11.3 Å². The third-order valence-electron chi connectivity index (χ3n) is 4.32. The van der Waals surface area contributed by atoms with E-state index < -0.39 is 5.56 Å². The van der Waals surface area contributed by atoms with Crippen LogP contribution in [0.5, 0.6) is 5.75 Å². The van der Waals surface area contributed by atoms with Crippen LogP contribution < -0.4 is 20.4 Å². The highest BCUT2D eigenvalue weighted by Gasteiger charge is 2.12. The molecule has 0 amide bonds. The van der Waals surface area contributed by atoms with Crippen molar-refractivity contribution in [2.45, 2.75) is 19.8 Å². The van der Waals surface area contributed by atoms with Gasteiger partial charge >= 0.3 is 0 Å². The minimum Gasteiger partial charge on any atom is -0.494 e. The van der Waals surface area contributed by atoms with Crippen molar-refractivity contribution >= 4 is 22.4 Å². The van der Waals surface area contributed by atoms with Crippen molar-refractivity contribution < 1.29 is 4.74 Å². The van der Waals surface area contributed by atoms with Gasteiger partial charge in [-0.05, 0) is 35.8 Å². The first-order chi connectivity index (χ1) is 14.1. The first-order valence-corrected chi connectivity index (χ1v) is 10.2. The minimum absolute atomic E-state index is 0.242. The average molecular weight is 405 g/mol. The molecule has 29 heavy (non-hydrogen) atoms. The summed E-state index contributed by atoms with van der Waals surface area (Å²) in [5.74, 6) is 0.787. The van der Waals surface area contributed by atoms with Crippen molar-refractivity contribution in [1.82, 2.24) is 14.6 Å². The largest absolute Gasteiger partial charge is 0.494 e. The van der Waals surface area contributed by atoms with Crippen LogP contribution in [0.25, 0.3) is 11.0 Å². The first-order valence-electron chi connectivity index (χ1n) is 9.35. The molecule has 0 aliphatic heterocycles. The van der Waals surface area contributed by atoms with E-state index in [0.717, 1.165) is 34.6 Å². The molecule has 0 unspecified atom stereocenters. The Bertz CT molecular complexity index is 1300. The molecule has 0 aliphatic carbocycles. The molecule has 0 saturated heterocycles. The van der Waals surface area contributed by atoms with Crippen LogP contribution in [-0.2, 0) is 6.42 Å². The number of fused-ring (bicyclic) bond motifs is 1. The lowest BCUT2D eigenvalue weighted by Crippen LogP contribution is -2.28. The fourth-order valence-corrected chi connectivity index (χ4v) is 3.77. The van der Waals surface area contributed by atoms with Crippen LogP contribution >= 0.6 is 11.3 Å². The summed E-state index contributed by atoms with van der Waals surface area (Å²) in [6.07, 6.45) is 3.02. The van der Waals surface area contributed by atoms with Crippen molar-refractivity contribution in [2.24, 2.45) is 0 Å². The summed E-state index contributed by atoms with van der Waals surface area (Å²) < 4.78 is 7.28. The second-order valence-electron chi connectivity index (χ2n) is 6.55. The Morgan fingerprint density at radius 2 is 1.83 bits per heavy atom. The second kappa shape index (κ2) is 8.36. The zero-order chi connectivity index (χ0) is 20.2. The summed E-state index contributed by atoms with van der Waals surface area (Å²) in [6, 6.07) is 17.1. The number of hydrogen-bond donors (Lipinski definition) is 0. The first kappa shape index (κ1) is 19.0. The molecule has 0 fully saturated rings. The molecule has 7 heteroatoms. The van der Waals surface area contributed by atoms with Gasteiger partial charge in [-0.15, -0.1) is 0 Å². The van der Waals surface area contributed by atoms with Gasteiger partial charge in [0.15, 0.2) is 0 Å². The van der Waals surface area contributed by atoms with Crippen LogP contribution in [0.1, 0.15) is 30.2 Å². The Morgan fingerprint density at radius 1 is 1.07 bits per heavy atom. The molecule has 0 aliphatic rings. The zero-order valence-corrected chi connectivity index (χ0v) is 16.7. The molecule has 4 rings (SSSR count). The van der Waals surface area contributed by atoms with E-state index in [0.29, 0.717) is 22.5 Å². The van der Waals surface area contributed by atoms with Crippen molar-refractivity contribution in [1.29, 1.82) is 0 Å². The fraction of sp³-hybridized carbons (Fsp3) is 0.182. The van der Waals surface area contributed by atoms with Crippen molar-refractivity contribution in [3.05, 3.63) is 96.7 Å². The number of aromatic nitrogens is 3. The van der Waals surface area contributed by atoms with Crippen LogP contribution in [0.2, 0.25) is 0 Å². The maximum absolute atomic E-state index is 12.7. The van der Waals surface area contributed by atoms with E-state index in [1.54, 1.807) is 6.08 Å². The standard InChI is InChI=1S/C22H19N3O3S/c1-2-12-28-17-10-8-16(9-11-17)13-18-20(26)23-22-25(24-18)21(27)19(29-22)14-15-6-4-3-5-7-15/h3-11,14H,2,12-13H2,1H3/b19-14+. The molecule has 4 aromatic rings. The zero-order valence-electron chi connectivity index (χ0n) is 15.9. The minimum atomic E-state index is -0.413. The van der Waals surface area contributed by atoms with Crippen molar-refractivity contribution in [3.63, 3.8) is 0 Å². The van der Waals surface area contributed by atoms with Gasteiger partial charge in [-0.25, -0.2) is 0 Å². The predicted octanol–water partition coefficient (Wildman–Crippen LogP) is 2.44. The van der Waals surface area contributed by atoms with Gasteiger partial charge < -0.3 is 4.74 Å². The summed E-state index contributed by atoms with van der Waals surface area (Å²) in [5, 5.41) is 4.29. The van der Waals surface area contributed by atoms with Crippen LogP contribution in [0.15, 0.2) is 64.2 Å². The molecule has 6 nitrogen and oxygen atoms in total. The van der Waals surface area contributed by atoms with Gasteiger partial charge in [0.2, 0.25) is 4.96 Å².